The minimum Gasteiger partial charge on any atom is -0.389 e. The molecule has 104 valence electrons. The molecule has 1 fully saturated rings. The van der Waals surface area contributed by atoms with Crippen LogP contribution in [0, 0.1) is 13.8 Å². The van der Waals surface area contributed by atoms with Crippen LogP contribution in [-0.2, 0) is 4.79 Å². The van der Waals surface area contributed by atoms with Crippen molar-refractivity contribution in [2.24, 2.45) is 0 Å². The van der Waals surface area contributed by atoms with E-state index in [0.29, 0.717) is 13.1 Å². The minimum atomic E-state index is -0.756. The number of benzene rings is 1. The van der Waals surface area contributed by atoms with Crippen molar-refractivity contribution in [1.82, 2.24) is 4.90 Å². The number of nitrogens with zero attached hydrogens (tertiary/aromatic N) is 1. The number of likely N-dealkylation sites (tertiary alicyclic amines) is 1. The lowest BCUT2D eigenvalue weighted by molar-refractivity contribution is -0.117. The van der Waals surface area contributed by atoms with Gasteiger partial charge in [0.05, 0.1) is 18.8 Å². The molecule has 2 atom stereocenters. The van der Waals surface area contributed by atoms with Gasteiger partial charge in [-0.25, -0.2) is 0 Å². The van der Waals surface area contributed by atoms with E-state index in [0.717, 1.165) is 16.8 Å². The van der Waals surface area contributed by atoms with Crippen LogP contribution in [0.4, 0.5) is 5.69 Å². The third kappa shape index (κ3) is 3.32. The van der Waals surface area contributed by atoms with Gasteiger partial charge in [-0.1, -0.05) is 12.1 Å². The van der Waals surface area contributed by atoms with Gasteiger partial charge in [0.2, 0.25) is 5.91 Å². The summed E-state index contributed by atoms with van der Waals surface area (Å²) in [7, 11) is 0. The molecule has 5 heteroatoms. The van der Waals surface area contributed by atoms with Crippen molar-refractivity contribution >= 4 is 11.6 Å². The van der Waals surface area contributed by atoms with Crippen LogP contribution < -0.4 is 5.32 Å². The molecule has 0 aromatic heterocycles. The molecule has 0 unspecified atom stereocenters. The van der Waals surface area contributed by atoms with Crippen LogP contribution in [0.15, 0.2) is 18.2 Å². The molecule has 1 aliphatic heterocycles. The number of aliphatic hydroxyl groups excluding tert-OH is 2. The zero-order valence-corrected chi connectivity index (χ0v) is 11.3. The maximum absolute atomic E-state index is 11.9. The molecule has 5 nitrogen and oxygen atoms in total. The van der Waals surface area contributed by atoms with Crippen LogP contribution in [0.25, 0.3) is 0 Å². The number of rotatable bonds is 3. The number of β-amino-alcohol motifs (C(OH)–C–C–N with tert-alkyl or cyclic N) is 2. The molecule has 1 heterocycles. The quantitative estimate of drug-likeness (QED) is 0.733. The van der Waals surface area contributed by atoms with E-state index in [-0.39, 0.29) is 12.5 Å². The first kappa shape index (κ1) is 14.0. The van der Waals surface area contributed by atoms with Crippen molar-refractivity contribution in [3.8, 4) is 0 Å². The van der Waals surface area contributed by atoms with Crippen LogP contribution in [-0.4, -0.2) is 52.9 Å². The summed E-state index contributed by atoms with van der Waals surface area (Å²) in [6, 6.07) is 5.77. The lowest BCUT2D eigenvalue weighted by atomic mass is 10.1. The smallest absolute Gasteiger partial charge is 0.238 e. The van der Waals surface area contributed by atoms with Gasteiger partial charge >= 0.3 is 0 Å². The monoisotopic (exact) mass is 264 g/mol. The second-order valence-corrected chi connectivity index (χ2v) is 5.12. The van der Waals surface area contributed by atoms with Crippen LogP contribution in [0.5, 0.6) is 0 Å². The van der Waals surface area contributed by atoms with E-state index in [2.05, 4.69) is 5.32 Å². The van der Waals surface area contributed by atoms with Crippen LogP contribution in [0.1, 0.15) is 11.1 Å². The third-order valence-electron chi connectivity index (χ3n) is 3.58. The Bertz CT molecular complexity index is 466. The van der Waals surface area contributed by atoms with Crippen molar-refractivity contribution < 1.29 is 15.0 Å². The Morgan fingerprint density at radius 1 is 1.32 bits per heavy atom. The highest BCUT2D eigenvalue weighted by molar-refractivity contribution is 5.93. The first-order valence-corrected chi connectivity index (χ1v) is 6.42. The Labute approximate surface area is 112 Å². The number of hydrogen-bond donors (Lipinski definition) is 3. The molecular formula is C14H20N2O3. The van der Waals surface area contributed by atoms with Gasteiger partial charge in [0.1, 0.15) is 0 Å². The summed E-state index contributed by atoms with van der Waals surface area (Å²) >= 11 is 0. The lowest BCUT2D eigenvalue weighted by Gasteiger charge is -2.15. The van der Waals surface area contributed by atoms with Crippen LogP contribution in [0.3, 0.4) is 0 Å². The fraction of sp³-hybridized carbons (Fsp3) is 0.500. The third-order valence-corrected chi connectivity index (χ3v) is 3.58. The normalized spacial score (nSPS) is 23.6. The Morgan fingerprint density at radius 2 is 1.95 bits per heavy atom. The van der Waals surface area contributed by atoms with Crippen LogP contribution >= 0.6 is 0 Å². The maximum atomic E-state index is 11.9. The molecule has 0 spiro atoms. The summed E-state index contributed by atoms with van der Waals surface area (Å²) in [4.78, 5) is 13.7. The molecule has 3 N–H and O–H groups in total. The summed E-state index contributed by atoms with van der Waals surface area (Å²) in [6.45, 7) is 4.82. The predicted molar refractivity (Wildman–Crippen MR) is 73.0 cm³/mol. The number of aliphatic hydroxyl groups is 2. The van der Waals surface area contributed by atoms with Gasteiger partial charge in [-0.3, -0.25) is 9.69 Å². The van der Waals surface area contributed by atoms with E-state index in [1.165, 1.54) is 0 Å². The van der Waals surface area contributed by atoms with Gasteiger partial charge in [-0.05, 0) is 31.0 Å². The Balaban J connectivity index is 1.93. The molecule has 0 bridgehead atoms. The van der Waals surface area contributed by atoms with Crippen molar-refractivity contribution in [3.05, 3.63) is 29.3 Å². The molecule has 1 aliphatic rings. The van der Waals surface area contributed by atoms with E-state index in [1.807, 2.05) is 32.0 Å². The summed E-state index contributed by atoms with van der Waals surface area (Å²) in [6.07, 6.45) is -1.51. The summed E-state index contributed by atoms with van der Waals surface area (Å²) in [5.74, 6) is -0.130. The second-order valence-electron chi connectivity index (χ2n) is 5.12. The van der Waals surface area contributed by atoms with E-state index < -0.39 is 12.2 Å². The van der Waals surface area contributed by atoms with E-state index in [9.17, 15) is 15.0 Å². The Hall–Kier alpha value is -1.43. The molecule has 1 saturated heterocycles. The number of carbonyl (C=O) groups is 1. The number of hydrogen-bond acceptors (Lipinski definition) is 4. The number of aryl methyl sites for hydroxylation is 1. The zero-order valence-electron chi connectivity index (χ0n) is 11.3. The predicted octanol–water partition coefficient (Wildman–Crippen LogP) is 0.279. The molecule has 1 amide bonds. The highest BCUT2D eigenvalue weighted by Crippen LogP contribution is 2.18. The number of nitrogens with one attached hydrogen (secondary N) is 1. The van der Waals surface area contributed by atoms with Gasteiger partial charge in [-0.15, -0.1) is 0 Å². The minimum absolute atomic E-state index is 0.130. The lowest BCUT2D eigenvalue weighted by Crippen LogP contribution is -2.32. The molecule has 0 radical (unpaired) electrons. The highest BCUT2D eigenvalue weighted by Gasteiger charge is 2.30. The average molecular weight is 264 g/mol. The molecular weight excluding hydrogens is 244 g/mol. The van der Waals surface area contributed by atoms with Gasteiger partial charge < -0.3 is 15.5 Å². The van der Waals surface area contributed by atoms with E-state index >= 15 is 0 Å². The molecule has 2 rings (SSSR count). The van der Waals surface area contributed by atoms with Crippen molar-refractivity contribution in [2.45, 2.75) is 26.1 Å². The van der Waals surface area contributed by atoms with Crippen molar-refractivity contribution in [2.75, 3.05) is 25.0 Å². The zero-order chi connectivity index (χ0) is 14.0. The Kier molecular flexibility index (Phi) is 4.19. The van der Waals surface area contributed by atoms with Gasteiger partial charge in [0.25, 0.3) is 0 Å². The van der Waals surface area contributed by atoms with Crippen LogP contribution in [0.2, 0.25) is 0 Å². The fourth-order valence-electron chi connectivity index (χ4n) is 2.26. The molecule has 1 aromatic rings. The number of anilines is 1. The standard InChI is InChI=1S/C14H20N2O3/c1-9-4-3-5-11(10(9)2)15-14(19)8-16-6-12(17)13(18)7-16/h3-5,12-13,17-18H,6-8H2,1-2H3,(H,15,19)/t12-,13+. The first-order chi connectivity index (χ1) is 8.97. The van der Waals surface area contributed by atoms with Crippen molar-refractivity contribution in [3.63, 3.8) is 0 Å². The molecule has 0 saturated carbocycles. The summed E-state index contributed by atoms with van der Waals surface area (Å²) in [5.41, 5.74) is 2.99. The van der Waals surface area contributed by atoms with Gasteiger partial charge in [0.15, 0.2) is 0 Å². The number of carbonyl (C=O) groups excluding carboxylic acids is 1. The first-order valence-electron chi connectivity index (χ1n) is 6.42. The Morgan fingerprint density at radius 3 is 2.58 bits per heavy atom. The molecule has 19 heavy (non-hydrogen) atoms. The topological polar surface area (TPSA) is 72.8 Å². The average Bonchev–Trinajstić information content (AvgIpc) is 2.64. The summed E-state index contributed by atoms with van der Waals surface area (Å²) < 4.78 is 0. The van der Waals surface area contributed by atoms with Gasteiger partial charge in [0, 0.05) is 18.8 Å². The maximum Gasteiger partial charge on any atom is 0.238 e. The SMILES string of the molecule is Cc1cccc(NC(=O)CN2C[C@@H](O)[C@@H](O)C2)c1C. The molecule has 1 aromatic carbocycles. The highest BCUT2D eigenvalue weighted by atomic mass is 16.3. The second kappa shape index (κ2) is 5.69. The van der Waals surface area contributed by atoms with E-state index in [4.69, 9.17) is 0 Å². The van der Waals surface area contributed by atoms with Gasteiger partial charge in [-0.2, -0.15) is 0 Å². The largest absolute Gasteiger partial charge is 0.389 e. The summed E-state index contributed by atoms with van der Waals surface area (Å²) in [5, 5.41) is 21.7. The van der Waals surface area contributed by atoms with E-state index in [1.54, 1.807) is 4.90 Å². The number of amides is 1. The van der Waals surface area contributed by atoms with Crippen molar-refractivity contribution in [1.29, 1.82) is 0 Å². The molecule has 0 aliphatic carbocycles. The fourth-order valence-corrected chi connectivity index (χ4v) is 2.26.